The zero-order valence-corrected chi connectivity index (χ0v) is 12.4. The number of carboxylic acid groups (broad SMARTS) is 1. The van der Waals surface area contributed by atoms with Crippen LogP contribution < -0.4 is 9.47 Å². The van der Waals surface area contributed by atoms with Crippen LogP contribution in [0.2, 0.25) is 0 Å². The van der Waals surface area contributed by atoms with Crippen molar-refractivity contribution in [3.63, 3.8) is 0 Å². The molecule has 0 aliphatic rings. The fourth-order valence-corrected chi connectivity index (χ4v) is 2.31. The van der Waals surface area contributed by atoms with Crippen LogP contribution in [-0.2, 0) is 4.79 Å². The third kappa shape index (κ3) is 4.40. The Bertz CT molecular complexity index is 447. The zero-order valence-electron chi connectivity index (χ0n) is 10.9. The summed E-state index contributed by atoms with van der Waals surface area (Å²) in [6.07, 6.45) is 0.0909. The second-order valence-corrected chi connectivity index (χ2v) is 4.88. The quantitative estimate of drug-likeness (QED) is 0.802. The fourth-order valence-electron chi connectivity index (χ4n) is 1.73. The lowest BCUT2D eigenvalue weighted by Gasteiger charge is -2.16. The van der Waals surface area contributed by atoms with E-state index in [1.165, 1.54) is 14.2 Å². The Morgan fingerprint density at radius 1 is 1.32 bits per heavy atom. The Morgan fingerprint density at radius 3 is 2.42 bits per heavy atom. The van der Waals surface area contributed by atoms with E-state index in [-0.39, 0.29) is 6.42 Å². The number of ether oxygens (including phenoxy) is 2. The number of aliphatic carboxylic acids is 1. The van der Waals surface area contributed by atoms with Crippen LogP contribution >= 0.6 is 15.9 Å². The van der Waals surface area contributed by atoms with Gasteiger partial charge in [0.1, 0.15) is 0 Å². The number of carbonyl (C=O) groups is 1. The van der Waals surface area contributed by atoms with Crippen molar-refractivity contribution in [3.05, 3.63) is 22.2 Å². The van der Waals surface area contributed by atoms with E-state index in [1.807, 2.05) is 0 Å². The molecule has 0 amide bonds. The molecule has 0 aliphatic heterocycles. The van der Waals surface area contributed by atoms with Gasteiger partial charge in [0.25, 0.3) is 0 Å². The summed E-state index contributed by atoms with van der Waals surface area (Å²) < 4.78 is 11.0. The molecule has 1 atom stereocenters. The maximum Gasteiger partial charge on any atom is 0.303 e. The second kappa shape index (κ2) is 7.35. The molecule has 0 fully saturated rings. The summed E-state index contributed by atoms with van der Waals surface area (Å²) in [7, 11) is 3.06. The summed E-state index contributed by atoms with van der Waals surface area (Å²) in [6, 6.07) is 3.41. The summed E-state index contributed by atoms with van der Waals surface area (Å²) in [6.45, 7) is 0. The van der Waals surface area contributed by atoms with Crippen molar-refractivity contribution in [1.82, 2.24) is 0 Å². The Morgan fingerprint density at radius 2 is 1.89 bits per heavy atom. The average molecular weight is 333 g/mol. The number of aliphatic hydroxyl groups is 1. The van der Waals surface area contributed by atoms with Gasteiger partial charge in [-0.2, -0.15) is 0 Å². The Kier molecular flexibility index (Phi) is 6.11. The van der Waals surface area contributed by atoms with Gasteiger partial charge in [-0.25, -0.2) is 0 Å². The lowest BCUT2D eigenvalue weighted by molar-refractivity contribution is -0.137. The van der Waals surface area contributed by atoms with E-state index in [0.29, 0.717) is 34.4 Å². The van der Waals surface area contributed by atoms with Gasteiger partial charge in [0.15, 0.2) is 11.5 Å². The molecule has 0 radical (unpaired) electrons. The van der Waals surface area contributed by atoms with E-state index in [1.54, 1.807) is 12.1 Å². The van der Waals surface area contributed by atoms with E-state index < -0.39 is 12.1 Å². The maximum atomic E-state index is 10.4. The minimum Gasteiger partial charge on any atom is -0.493 e. The minimum atomic E-state index is -0.862. The van der Waals surface area contributed by atoms with Crippen LogP contribution in [0.25, 0.3) is 0 Å². The first-order valence-corrected chi connectivity index (χ1v) is 6.60. The van der Waals surface area contributed by atoms with Crippen LogP contribution in [-0.4, -0.2) is 30.4 Å². The first kappa shape index (κ1) is 15.8. The topological polar surface area (TPSA) is 76.0 Å². The van der Waals surface area contributed by atoms with Crippen LogP contribution in [0, 0.1) is 0 Å². The number of methoxy groups -OCH3 is 2. The van der Waals surface area contributed by atoms with Crippen molar-refractivity contribution in [1.29, 1.82) is 0 Å². The van der Waals surface area contributed by atoms with Gasteiger partial charge in [0.05, 0.1) is 20.3 Å². The fraction of sp³-hybridized carbons (Fsp3) is 0.462. The summed E-state index contributed by atoms with van der Waals surface area (Å²) in [5, 5.41) is 18.7. The SMILES string of the molecule is COc1cc(Br)c([C@@H](O)CCCC(=O)O)cc1OC. The molecule has 0 bridgehead atoms. The molecule has 1 aromatic carbocycles. The van der Waals surface area contributed by atoms with Gasteiger partial charge in [-0.3, -0.25) is 4.79 Å². The molecule has 1 rings (SSSR count). The number of benzene rings is 1. The highest BCUT2D eigenvalue weighted by Gasteiger charge is 2.16. The van der Waals surface area contributed by atoms with E-state index in [0.717, 1.165) is 0 Å². The maximum absolute atomic E-state index is 10.4. The third-order valence-electron chi connectivity index (χ3n) is 2.73. The van der Waals surface area contributed by atoms with Gasteiger partial charge < -0.3 is 19.7 Å². The van der Waals surface area contributed by atoms with Crippen LogP contribution in [0.15, 0.2) is 16.6 Å². The van der Waals surface area contributed by atoms with Gasteiger partial charge in [-0.15, -0.1) is 0 Å². The van der Waals surface area contributed by atoms with Gasteiger partial charge in [-0.1, -0.05) is 15.9 Å². The van der Waals surface area contributed by atoms with Crippen molar-refractivity contribution in [2.75, 3.05) is 14.2 Å². The molecule has 0 spiro atoms. The zero-order chi connectivity index (χ0) is 14.4. The van der Waals surface area contributed by atoms with Gasteiger partial charge >= 0.3 is 5.97 Å². The molecule has 2 N–H and O–H groups in total. The normalized spacial score (nSPS) is 12.0. The van der Waals surface area contributed by atoms with Gasteiger partial charge in [0.2, 0.25) is 0 Å². The number of aliphatic hydroxyl groups excluding tert-OH is 1. The summed E-state index contributed by atoms with van der Waals surface area (Å²) in [5.74, 6) is 0.229. The monoisotopic (exact) mass is 332 g/mol. The molecule has 0 unspecified atom stereocenters. The van der Waals surface area contributed by atoms with E-state index >= 15 is 0 Å². The molecular weight excluding hydrogens is 316 g/mol. The Hall–Kier alpha value is -1.27. The predicted octanol–water partition coefficient (Wildman–Crippen LogP) is 2.75. The molecule has 6 heteroatoms. The summed E-state index contributed by atoms with van der Waals surface area (Å²) >= 11 is 3.36. The minimum absolute atomic E-state index is 0.0436. The first-order chi connectivity index (χ1) is 8.99. The van der Waals surface area contributed by atoms with E-state index in [9.17, 15) is 9.90 Å². The van der Waals surface area contributed by atoms with Crippen molar-refractivity contribution < 1.29 is 24.5 Å². The Labute approximate surface area is 120 Å². The summed E-state index contributed by atoms with van der Waals surface area (Å²) in [4.78, 5) is 10.4. The summed E-state index contributed by atoms with van der Waals surface area (Å²) in [5.41, 5.74) is 0.656. The number of hydrogen-bond acceptors (Lipinski definition) is 4. The largest absolute Gasteiger partial charge is 0.493 e. The highest BCUT2D eigenvalue weighted by Crippen LogP contribution is 2.37. The van der Waals surface area contributed by atoms with Crippen LogP contribution in [0.3, 0.4) is 0 Å². The molecule has 1 aromatic rings. The van der Waals surface area contributed by atoms with Crippen molar-refractivity contribution in [2.45, 2.75) is 25.4 Å². The predicted molar refractivity (Wildman–Crippen MR) is 73.7 cm³/mol. The third-order valence-corrected chi connectivity index (χ3v) is 3.42. The molecule has 5 nitrogen and oxygen atoms in total. The standard InChI is InChI=1S/C13H17BrO5/c1-18-11-6-8(9(14)7-12(11)19-2)10(15)4-3-5-13(16)17/h6-7,10,15H,3-5H2,1-2H3,(H,16,17)/t10-/m0/s1. The molecule has 0 saturated carbocycles. The number of hydrogen-bond donors (Lipinski definition) is 2. The molecule has 0 heterocycles. The molecule has 19 heavy (non-hydrogen) atoms. The van der Waals surface area contributed by atoms with Crippen molar-refractivity contribution in [3.8, 4) is 11.5 Å². The highest BCUT2D eigenvalue weighted by molar-refractivity contribution is 9.10. The Balaban J connectivity index is 2.84. The number of halogens is 1. The van der Waals surface area contributed by atoms with Crippen LogP contribution in [0.5, 0.6) is 11.5 Å². The van der Waals surface area contributed by atoms with Crippen molar-refractivity contribution >= 4 is 21.9 Å². The molecule has 0 aromatic heterocycles. The lowest BCUT2D eigenvalue weighted by Crippen LogP contribution is -2.02. The first-order valence-electron chi connectivity index (χ1n) is 5.80. The molecule has 0 saturated heterocycles. The van der Waals surface area contributed by atoms with Crippen LogP contribution in [0.4, 0.5) is 0 Å². The number of rotatable bonds is 7. The highest BCUT2D eigenvalue weighted by atomic mass is 79.9. The lowest BCUT2D eigenvalue weighted by atomic mass is 10.0. The average Bonchev–Trinajstić information content (AvgIpc) is 2.37. The second-order valence-electron chi connectivity index (χ2n) is 4.03. The molecule has 106 valence electrons. The van der Waals surface area contributed by atoms with E-state index in [4.69, 9.17) is 14.6 Å². The van der Waals surface area contributed by atoms with Crippen LogP contribution in [0.1, 0.15) is 30.9 Å². The van der Waals surface area contributed by atoms with Gasteiger partial charge in [-0.05, 0) is 30.5 Å². The van der Waals surface area contributed by atoms with E-state index in [2.05, 4.69) is 15.9 Å². The smallest absolute Gasteiger partial charge is 0.303 e. The molecular formula is C13H17BrO5. The molecule has 0 aliphatic carbocycles. The number of carboxylic acids is 1. The van der Waals surface area contributed by atoms with Crippen molar-refractivity contribution in [2.24, 2.45) is 0 Å². The van der Waals surface area contributed by atoms with Gasteiger partial charge in [0, 0.05) is 10.9 Å².